The molecule has 3 nitrogen and oxygen atoms in total. The number of amides is 1. The van der Waals surface area contributed by atoms with Gasteiger partial charge in [0, 0.05) is 26.2 Å². The lowest BCUT2D eigenvalue weighted by Gasteiger charge is -2.35. The zero-order chi connectivity index (χ0) is 13.2. The molecule has 0 aromatic heterocycles. The molecule has 0 saturated carbocycles. The summed E-state index contributed by atoms with van der Waals surface area (Å²) in [4.78, 5) is 16.3. The Bertz CT molecular complexity index is 480. The van der Waals surface area contributed by atoms with Crippen LogP contribution in [0.25, 0.3) is 0 Å². The van der Waals surface area contributed by atoms with Gasteiger partial charge in [0.1, 0.15) is 0 Å². The second-order valence-electron chi connectivity index (χ2n) is 5.65. The molecule has 1 amide bonds. The van der Waals surface area contributed by atoms with Crippen LogP contribution in [0.2, 0.25) is 0 Å². The van der Waals surface area contributed by atoms with Crippen molar-refractivity contribution in [3.05, 3.63) is 34.9 Å². The van der Waals surface area contributed by atoms with Crippen LogP contribution in [0.3, 0.4) is 0 Å². The van der Waals surface area contributed by atoms with Crippen molar-refractivity contribution >= 4 is 5.91 Å². The van der Waals surface area contributed by atoms with Gasteiger partial charge in [-0.1, -0.05) is 25.1 Å². The van der Waals surface area contributed by atoms with Crippen molar-refractivity contribution in [2.24, 2.45) is 0 Å². The van der Waals surface area contributed by atoms with E-state index in [1.54, 1.807) is 0 Å². The second-order valence-corrected chi connectivity index (χ2v) is 5.65. The van der Waals surface area contributed by atoms with Crippen LogP contribution in [0.1, 0.15) is 30.0 Å². The molecule has 1 fully saturated rings. The Balaban J connectivity index is 1.65. The molecule has 0 atom stereocenters. The van der Waals surface area contributed by atoms with E-state index < -0.39 is 0 Å². The van der Waals surface area contributed by atoms with E-state index >= 15 is 0 Å². The molecule has 0 spiro atoms. The van der Waals surface area contributed by atoms with Crippen LogP contribution >= 0.6 is 0 Å². The highest BCUT2D eigenvalue weighted by atomic mass is 16.2. The maximum Gasteiger partial charge on any atom is 0.236 e. The van der Waals surface area contributed by atoms with Crippen LogP contribution in [0.4, 0.5) is 0 Å². The smallest absolute Gasteiger partial charge is 0.236 e. The zero-order valence-corrected chi connectivity index (χ0v) is 11.7. The molecule has 2 aliphatic heterocycles. The van der Waals surface area contributed by atoms with E-state index in [1.807, 2.05) is 4.90 Å². The summed E-state index contributed by atoms with van der Waals surface area (Å²) in [7, 11) is 0. The van der Waals surface area contributed by atoms with E-state index in [2.05, 4.69) is 30.0 Å². The standard InChI is InChI=1S/C16H22N2O/c1-2-13-4-5-14-6-9-17(11-15(14)10-13)12-16(19)18-7-3-8-18/h4-5,10H,2-3,6-9,11-12H2,1H3. The van der Waals surface area contributed by atoms with E-state index in [0.29, 0.717) is 12.5 Å². The summed E-state index contributed by atoms with van der Waals surface area (Å²) in [5, 5.41) is 0. The number of carbonyl (C=O) groups excluding carboxylic acids is 1. The maximum absolute atomic E-state index is 12.0. The predicted octanol–water partition coefficient (Wildman–Crippen LogP) is 1.84. The Hall–Kier alpha value is -1.35. The third kappa shape index (κ3) is 2.66. The molecular formula is C16H22N2O. The first-order valence-electron chi connectivity index (χ1n) is 7.37. The Kier molecular flexibility index (Phi) is 3.56. The molecule has 3 heteroatoms. The average Bonchev–Trinajstić information content (AvgIpc) is 2.35. The van der Waals surface area contributed by atoms with Crippen molar-refractivity contribution in [2.75, 3.05) is 26.2 Å². The van der Waals surface area contributed by atoms with Crippen LogP contribution in [-0.4, -0.2) is 41.9 Å². The lowest BCUT2D eigenvalue weighted by molar-refractivity contribution is -0.136. The maximum atomic E-state index is 12.0. The minimum Gasteiger partial charge on any atom is -0.341 e. The monoisotopic (exact) mass is 258 g/mol. The summed E-state index contributed by atoms with van der Waals surface area (Å²) in [6, 6.07) is 6.82. The highest BCUT2D eigenvalue weighted by Crippen LogP contribution is 2.21. The van der Waals surface area contributed by atoms with Gasteiger partial charge in [0.25, 0.3) is 0 Å². The molecule has 2 aliphatic rings. The summed E-state index contributed by atoms with van der Waals surface area (Å²) in [5.41, 5.74) is 4.28. The molecule has 0 unspecified atom stereocenters. The highest BCUT2D eigenvalue weighted by Gasteiger charge is 2.24. The van der Waals surface area contributed by atoms with Gasteiger partial charge in [-0.2, -0.15) is 0 Å². The fraction of sp³-hybridized carbons (Fsp3) is 0.562. The Labute approximate surface area is 115 Å². The topological polar surface area (TPSA) is 23.6 Å². The number of fused-ring (bicyclic) bond motifs is 1. The molecular weight excluding hydrogens is 236 g/mol. The second kappa shape index (κ2) is 5.33. The van der Waals surface area contributed by atoms with Crippen LogP contribution in [0.15, 0.2) is 18.2 Å². The third-order valence-corrected chi connectivity index (χ3v) is 4.34. The van der Waals surface area contributed by atoms with Crippen LogP contribution in [-0.2, 0) is 24.2 Å². The van der Waals surface area contributed by atoms with Gasteiger partial charge in [-0.15, -0.1) is 0 Å². The number of hydrogen-bond acceptors (Lipinski definition) is 2. The number of nitrogens with zero attached hydrogens (tertiary/aromatic N) is 2. The van der Waals surface area contributed by atoms with Gasteiger partial charge >= 0.3 is 0 Å². The minimum absolute atomic E-state index is 0.307. The fourth-order valence-electron chi connectivity index (χ4n) is 2.88. The quantitative estimate of drug-likeness (QED) is 0.826. The first-order valence-corrected chi connectivity index (χ1v) is 7.37. The van der Waals surface area contributed by atoms with Gasteiger partial charge < -0.3 is 4.90 Å². The SMILES string of the molecule is CCc1ccc2c(c1)CN(CC(=O)N1CCC1)CC2. The fourth-order valence-corrected chi connectivity index (χ4v) is 2.88. The molecule has 0 aliphatic carbocycles. The summed E-state index contributed by atoms with van der Waals surface area (Å²) in [5.74, 6) is 0.307. The van der Waals surface area contributed by atoms with E-state index in [-0.39, 0.29) is 0 Å². The minimum atomic E-state index is 0.307. The number of aryl methyl sites for hydroxylation is 1. The van der Waals surface area contributed by atoms with Gasteiger partial charge in [-0.3, -0.25) is 9.69 Å². The van der Waals surface area contributed by atoms with Crippen molar-refractivity contribution in [3.8, 4) is 0 Å². The van der Waals surface area contributed by atoms with Crippen molar-refractivity contribution in [1.29, 1.82) is 0 Å². The van der Waals surface area contributed by atoms with Crippen molar-refractivity contribution in [1.82, 2.24) is 9.80 Å². The largest absolute Gasteiger partial charge is 0.341 e. The van der Waals surface area contributed by atoms with Gasteiger partial charge in [-0.25, -0.2) is 0 Å². The molecule has 2 heterocycles. The molecule has 19 heavy (non-hydrogen) atoms. The predicted molar refractivity (Wildman–Crippen MR) is 76.0 cm³/mol. The van der Waals surface area contributed by atoms with Crippen LogP contribution < -0.4 is 0 Å². The molecule has 0 radical (unpaired) electrons. The Morgan fingerprint density at radius 1 is 1.21 bits per heavy atom. The number of rotatable bonds is 3. The normalized spacial score (nSPS) is 18.9. The van der Waals surface area contributed by atoms with Gasteiger partial charge in [0.05, 0.1) is 6.54 Å². The lowest BCUT2D eigenvalue weighted by Crippen LogP contribution is -2.47. The van der Waals surface area contributed by atoms with Crippen molar-refractivity contribution in [3.63, 3.8) is 0 Å². The van der Waals surface area contributed by atoms with E-state index in [4.69, 9.17) is 0 Å². The zero-order valence-electron chi connectivity index (χ0n) is 11.7. The van der Waals surface area contributed by atoms with Crippen molar-refractivity contribution in [2.45, 2.75) is 32.7 Å². The van der Waals surface area contributed by atoms with E-state index in [9.17, 15) is 4.79 Å². The van der Waals surface area contributed by atoms with E-state index in [0.717, 1.165) is 39.0 Å². The molecule has 0 N–H and O–H groups in total. The molecule has 1 aromatic carbocycles. The first kappa shape index (κ1) is 12.7. The van der Waals surface area contributed by atoms with Gasteiger partial charge in [0.15, 0.2) is 0 Å². The number of likely N-dealkylation sites (tertiary alicyclic amines) is 1. The molecule has 3 rings (SSSR count). The van der Waals surface area contributed by atoms with Crippen LogP contribution in [0.5, 0.6) is 0 Å². The summed E-state index contributed by atoms with van der Waals surface area (Å²) in [6.45, 7) is 6.65. The summed E-state index contributed by atoms with van der Waals surface area (Å²) >= 11 is 0. The van der Waals surface area contributed by atoms with E-state index in [1.165, 1.54) is 23.1 Å². The van der Waals surface area contributed by atoms with Gasteiger partial charge in [-0.05, 0) is 36.0 Å². The lowest BCUT2D eigenvalue weighted by atomic mass is 9.96. The third-order valence-electron chi connectivity index (χ3n) is 4.34. The summed E-state index contributed by atoms with van der Waals surface area (Å²) < 4.78 is 0. The summed E-state index contributed by atoms with van der Waals surface area (Å²) in [6.07, 6.45) is 3.33. The number of carbonyl (C=O) groups is 1. The molecule has 1 aromatic rings. The number of hydrogen-bond donors (Lipinski definition) is 0. The number of benzene rings is 1. The first-order chi connectivity index (χ1) is 9.26. The van der Waals surface area contributed by atoms with Gasteiger partial charge in [0.2, 0.25) is 5.91 Å². The Morgan fingerprint density at radius 3 is 2.74 bits per heavy atom. The molecule has 0 bridgehead atoms. The van der Waals surface area contributed by atoms with Crippen LogP contribution in [0, 0.1) is 0 Å². The molecule has 102 valence electrons. The average molecular weight is 258 g/mol. The molecule has 1 saturated heterocycles. The van der Waals surface area contributed by atoms with Crippen molar-refractivity contribution < 1.29 is 4.79 Å². The Morgan fingerprint density at radius 2 is 2.05 bits per heavy atom. The highest BCUT2D eigenvalue weighted by molar-refractivity contribution is 5.79.